The first kappa shape index (κ1) is 16.2. The van der Waals surface area contributed by atoms with Gasteiger partial charge < -0.3 is 4.74 Å². The lowest BCUT2D eigenvalue weighted by Crippen LogP contribution is -2.25. The third kappa shape index (κ3) is 4.96. The van der Waals surface area contributed by atoms with Crippen molar-refractivity contribution in [1.29, 1.82) is 0 Å². The molecule has 0 atom stereocenters. The minimum absolute atomic E-state index is 0.236. The Morgan fingerprint density at radius 2 is 2.00 bits per heavy atom. The molecule has 4 nitrogen and oxygen atoms in total. The molecule has 0 aliphatic carbocycles. The first-order valence-electron chi connectivity index (χ1n) is 6.52. The van der Waals surface area contributed by atoms with Crippen LogP contribution in [0.1, 0.15) is 12.5 Å². The molecule has 1 N–H and O–H groups in total. The van der Waals surface area contributed by atoms with E-state index in [1.807, 2.05) is 24.3 Å². The van der Waals surface area contributed by atoms with Crippen LogP contribution in [0.5, 0.6) is 5.75 Å². The van der Waals surface area contributed by atoms with Gasteiger partial charge in [0.2, 0.25) is 0 Å². The van der Waals surface area contributed by atoms with Gasteiger partial charge in [0.1, 0.15) is 11.6 Å². The van der Waals surface area contributed by atoms with Crippen LogP contribution in [0.15, 0.2) is 58.1 Å². The van der Waals surface area contributed by atoms with E-state index in [4.69, 9.17) is 4.74 Å². The van der Waals surface area contributed by atoms with E-state index in [1.54, 1.807) is 13.0 Å². The summed E-state index contributed by atoms with van der Waals surface area (Å²) in [7, 11) is 0. The summed E-state index contributed by atoms with van der Waals surface area (Å²) in [6, 6.07) is 13.2. The zero-order valence-corrected chi connectivity index (χ0v) is 13.4. The molecule has 114 valence electrons. The number of hydrogen-bond acceptors (Lipinski definition) is 3. The van der Waals surface area contributed by atoms with Gasteiger partial charge in [-0.05, 0) is 36.8 Å². The minimum atomic E-state index is -0.416. The Labute approximate surface area is 136 Å². The van der Waals surface area contributed by atoms with Gasteiger partial charge in [-0.2, -0.15) is 5.10 Å². The molecule has 0 aliphatic heterocycles. The Balaban J connectivity index is 1.86. The van der Waals surface area contributed by atoms with E-state index >= 15 is 0 Å². The van der Waals surface area contributed by atoms with E-state index in [0.717, 1.165) is 10.0 Å². The second-order valence-electron chi connectivity index (χ2n) is 4.49. The zero-order valence-electron chi connectivity index (χ0n) is 11.8. The number of hydrogen-bond donors (Lipinski definition) is 1. The van der Waals surface area contributed by atoms with Crippen LogP contribution in [-0.4, -0.2) is 18.2 Å². The van der Waals surface area contributed by atoms with Crippen LogP contribution in [0.25, 0.3) is 0 Å². The van der Waals surface area contributed by atoms with Crippen molar-refractivity contribution in [3.8, 4) is 5.75 Å². The summed E-state index contributed by atoms with van der Waals surface area (Å²) in [5.74, 6) is -0.536. The molecule has 2 rings (SSSR count). The van der Waals surface area contributed by atoms with Gasteiger partial charge in [0.25, 0.3) is 5.91 Å². The predicted octanol–water partition coefficient (Wildman–Crippen LogP) is 3.51. The summed E-state index contributed by atoms with van der Waals surface area (Å²) in [5.41, 5.74) is 3.97. The Bertz CT molecular complexity index is 687. The first-order valence-corrected chi connectivity index (χ1v) is 7.31. The Morgan fingerprint density at radius 1 is 1.27 bits per heavy atom. The second-order valence-corrected chi connectivity index (χ2v) is 5.40. The predicted molar refractivity (Wildman–Crippen MR) is 86.4 cm³/mol. The highest BCUT2D eigenvalue weighted by Gasteiger charge is 2.03. The number of carbonyl (C=O) groups excluding carboxylic acids is 1. The van der Waals surface area contributed by atoms with E-state index < -0.39 is 11.7 Å². The number of benzene rings is 2. The summed E-state index contributed by atoms with van der Waals surface area (Å²) in [6.07, 6.45) is 0. The van der Waals surface area contributed by atoms with Crippen molar-refractivity contribution in [3.63, 3.8) is 0 Å². The van der Waals surface area contributed by atoms with Crippen LogP contribution in [0.2, 0.25) is 0 Å². The summed E-state index contributed by atoms with van der Waals surface area (Å²) in [5, 5.41) is 4.00. The summed E-state index contributed by atoms with van der Waals surface area (Å²) in [4.78, 5) is 11.6. The van der Waals surface area contributed by atoms with Crippen LogP contribution in [0, 0.1) is 5.82 Å². The lowest BCUT2D eigenvalue weighted by atomic mass is 10.1. The van der Waals surface area contributed by atoms with Gasteiger partial charge >= 0.3 is 0 Å². The van der Waals surface area contributed by atoms with Gasteiger partial charge in [0.15, 0.2) is 6.61 Å². The van der Waals surface area contributed by atoms with Gasteiger partial charge in [-0.1, -0.05) is 34.1 Å². The smallest absolute Gasteiger partial charge is 0.277 e. The van der Waals surface area contributed by atoms with Crippen molar-refractivity contribution in [2.75, 3.05) is 6.61 Å². The molecular formula is C16H14BrFN2O2. The van der Waals surface area contributed by atoms with Crippen molar-refractivity contribution in [1.82, 2.24) is 5.43 Å². The molecule has 6 heteroatoms. The van der Waals surface area contributed by atoms with Crippen molar-refractivity contribution >= 4 is 27.5 Å². The van der Waals surface area contributed by atoms with E-state index in [2.05, 4.69) is 26.5 Å². The highest BCUT2D eigenvalue weighted by atomic mass is 79.9. The van der Waals surface area contributed by atoms with Crippen LogP contribution >= 0.6 is 15.9 Å². The largest absolute Gasteiger partial charge is 0.484 e. The monoisotopic (exact) mass is 364 g/mol. The maximum Gasteiger partial charge on any atom is 0.277 e. The Kier molecular flexibility index (Phi) is 5.66. The van der Waals surface area contributed by atoms with E-state index in [1.165, 1.54) is 18.2 Å². The molecule has 0 unspecified atom stereocenters. The molecule has 0 bridgehead atoms. The summed E-state index contributed by atoms with van der Waals surface area (Å²) < 4.78 is 19.1. The molecule has 2 aromatic rings. The fraction of sp³-hybridized carbons (Fsp3) is 0.125. The highest BCUT2D eigenvalue weighted by Crippen LogP contribution is 2.12. The van der Waals surface area contributed by atoms with Crippen LogP contribution in [0.4, 0.5) is 4.39 Å². The Hall–Kier alpha value is -2.21. The van der Waals surface area contributed by atoms with Gasteiger partial charge in [-0.25, -0.2) is 9.82 Å². The molecule has 0 saturated heterocycles. The molecule has 0 heterocycles. The van der Waals surface area contributed by atoms with Gasteiger partial charge in [-0.15, -0.1) is 0 Å². The molecule has 0 saturated carbocycles. The number of amides is 1. The van der Waals surface area contributed by atoms with Crippen molar-refractivity contribution in [3.05, 3.63) is 64.4 Å². The fourth-order valence-electron chi connectivity index (χ4n) is 1.64. The first-order chi connectivity index (χ1) is 10.5. The third-order valence-corrected chi connectivity index (χ3v) is 3.30. The average molecular weight is 365 g/mol. The maximum atomic E-state index is 13.0. The van der Waals surface area contributed by atoms with E-state index in [-0.39, 0.29) is 6.61 Å². The number of ether oxygens (including phenoxy) is 1. The van der Waals surface area contributed by atoms with Crippen molar-refractivity contribution in [2.24, 2.45) is 5.10 Å². The maximum absolute atomic E-state index is 13.0. The SMILES string of the molecule is C/C(=N/NC(=O)COc1cccc(F)c1)c1ccc(Br)cc1. The molecule has 2 aromatic carbocycles. The number of nitrogens with one attached hydrogen (secondary N) is 1. The molecule has 0 aromatic heterocycles. The van der Waals surface area contributed by atoms with Crippen LogP contribution in [0.3, 0.4) is 0 Å². The molecule has 0 spiro atoms. The molecule has 22 heavy (non-hydrogen) atoms. The number of hydrazone groups is 1. The fourth-order valence-corrected chi connectivity index (χ4v) is 1.90. The quantitative estimate of drug-likeness (QED) is 0.651. The zero-order chi connectivity index (χ0) is 15.9. The molecule has 1 amide bonds. The van der Waals surface area contributed by atoms with Crippen molar-refractivity contribution in [2.45, 2.75) is 6.92 Å². The number of carbonyl (C=O) groups is 1. The number of rotatable bonds is 5. The van der Waals surface area contributed by atoms with Crippen LogP contribution < -0.4 is 10.2 Å². The minimum Gasteiger partial charge on any atom is -0.484 e. The normalized spacial score (nSPS) is 11.1. The van der Waals surface area contributed by atoms with E-state index in [0.29, 0.717) is 11.5 Å². The Morgan fingerprint density at radius 3 is 2.68 bits per heavy atom. The molecule has 0 fully saturated rings. The van der Waals surface area contributed by atoms with Gasteiger partial charge in [0, 0.05) is 10.5 Å². The van der Waals surface area contributed by atoms with Crippen LogP contribution in [-0.2, 0) is 4.79 Å². The van der Waals surface area contributed by atoms with Gasteiger partial charge in [-0.3, -0.25) is 4.79 Å². The lowest BCUT2D eigenvalue weighted by Gasteiger charge is -2.06. The lowest BCUT2D eigenvalue weighted by molar-refractivity contribution is -0.123. The van der Waals surface area contributed by atoms with Crippen molar-refractivity contribution < 1.29 is 13.9 Å². The molecular weight excluding hydrogens is 351 g/mol. The summed E-state index contributed by atoms with van der Waals surface area (Å²) in [6.45, 7) is 1.55. The van der Waals surface area contributed by atoms with Gasteiger partial charge in [0.05, 0.1) is 5.71 Å². The molecule has 0 radical (unpaired) electrons. The number of halogens is 2. The highest BCUT2D eigenvalue weighted by molar-refractivity contribution is 9.10. The molecule has 0 aliphatic rings. The topological polar surface area (TPSA) is 50.7 Å². The summed E-state index contributed by atoms with van der Waals surface area (Å²) >= 11 is 3.35. The van der Waals surface area contributed by atoms with E-state index in [9.17, 15) is 9.18 Å². The third-order valence-electron chi connectivity index (χ3n) is 2.78. The second kappa shape index (κ2) is 7.70. The average Bonchev–Trinajstić information content (AvgIpc) is 2.51. The standard InChI is InChI=1S/C16H14BrFN2O2/c1-11(12-5-7-13(17)8-6-12)19-20-16(21)10-22-15-4-2-3-14(18)9-15/h2-9H,10H2,1H3,(H,20,21)/b19-11-. The number of nitrogens with zero attached hydrogens (tertiary/aromatic N) is 1.